The molecule has 0 atom stereocenters. The van der Waals surface area contributed by atoms with Crippen LogP contribution >= 0.6 is 11.3 Å². The van der Waals surface area contributed by atoms with Gasteiger partial charge in [-0.2, -0.15) is 0 Å². The summed E-state index contributed by atoms with van der Waals surface area (Å²) in [6.07, 6.45) is 0.693. The summed E-state index contributed by atoms with van der Waals surface area (Å²) in [5.74, 6) is -1.16. The molecule has 4 N–H and O–H groups in total. The van der Waals surface area contributed by atoms with Gasteiger partial charge in [0.05, 0.1) is 17.2 Å². The first-order valence-corrected chi connectivity index (χ1v) is 10.2. The van der Waals surface area contributed by atoms with Crippen molar-refractivity contribution in [2.45, 2.75) is 19.9 Å². The second-order valence-electron chi connectivity index (χ2n) is 6.71. The third kappa shape index (κ3) is 5.74. The van der Waals surface area contributed by atoms with Crippen LogP contribution in [-0.2, 0) is 17.8 Å². The molecule has 0 aliphatic carbocycles. The average Bonchev–Trinajstić information content (AvgIpc) is 3.11. The van der Waals surface area contributed by atoms with Crippen LogP contribution in [0.15, 0.2) is 54.6 Å². The number of hydrogen-bond donors (Lipinski definition) is 3. The number of aryl methyl sites for hydroxylation is 1. The topological polar surface area (TPSA) is 114 Å². The Balaban J connectivity index is 1.56. The minimum Gasteiger partial charge on any atom is -0.368 e. The number of nitrogens with two attached hydrogens (primary N) is 1. The number of nitrogens with zero attached hydrogens (tertiary/aromatic N) is 1. The van der Waals surface area contributed by atoms with Gasteiger partial charge in [0, 0.05) is 18.5 Å². The predicted molar refractivity (Wildman–Crippen MR) is 115 cm³/mol. The molecule has 2 aromatic carbocycles. The molecule has 0 saturated carbocycles. The van der Waals surface area contributed by atoms with E-state index in [4.69, 9.17) is 5.73 Å². The van der Waals surface area contributed by atoms with Gasteiger partial charge in [0.2, 0.25) is 5.91 Å². The van der Waals surface area contributed by atoms with E-state index in [9.17, 15) is 14.4 Å². The number of rotatable bonds is 8. The van der Waals surface area contributed by atoms with Crippen molar-refractivity contribution < 1.29 is 14.4 Å². The van der Waals surface area contributed by atoms with Crippen molar-refractivity contribution in [2.24, 2.45) is 5.73 Å². The van der Waals surface area contributed by atoms with Gasteiger partial charge in [-0.1, -0.05) is 42.5 Å². The van der Waals surface area contributed by atoms with E-state index in [1.165, 1.54) is 11.3 Å². The van der Waals surface area contributed by atoms with Gasteiger partial charge in [-0.05, 0) is 30.2 Å². The molecule has 0 radical (unpaired) electrons. The lowest BCUT2D eigenvalue weighted by molar-refractivity contribution is -0.117. The SMILES string of the molecule is Cc1nc(Cc2ccccc2)sc1C(=O)NCc1ccc(C(=O)NCC(N)=O)cc1. The second-order valence-corrected chi connectivity index (χ2v) is 7.80. The third-order valence-corrected chi connectivity index (χ3v) is 5.49. The molecular weight excluding hydrogens is 400 g/mol. The van der Waals surface area contributed by atoms with Gasteiger partial charge in [-0.25, -0.2) is 4.98 Å². The lowest BCUT2D eigenvalue weighted by Crippen LogP contribution is -2.33. The van der Waals surface area contributed by atoms with Crippen LogP contribution in [0, 0.1) is 6.92 Å². The Kier molecular flexibility index (Phi) is 6.92. The summed E-state index contributed by atoms with van der Waals surface area (Å²) < 4.78 is 0. The molecule has 0 aliphatic heterocycles. The fraction of sp³-hybridized carbons (Fsp3) is 0.182. The Hall–Kier alpha value is -3.52. The zero-order chi connectivity index (χ0) is 21.5. The molecule has 1 heterocycles. The first-order chi connectivity index (χ1) is 14.4. The molecule has 3 amide bonds. The van der Waals surface area contributed by atoms with Gasteiger partial charge in [-0.3, -0.25) is 14.4 Å². The highest BCUT2D eigenvalue weighted by Crippen LogP contribution is 2.21. The fourth-order valence-electron chi connectivity index (χ4n) is 2.82. The minimum atomic E-state index is -0.604. The summed E-state index contributed by atoms with van der Waals surface area (Å²) in [7, 11) is 0. The van der Waals surface area contributed by atoms with Crippen LogP contribution < -0.4 is 16.4 Å². The lowest BCUT2D eigenvalue weighted by atomic mass is 10.1. The maximum Gasteiger partial charge on any atom is 0.263 e. The van der Waals surface area contributed by atoms with Gasteiger partial charge >= 0.3 is 0 Å². The Morgan fingerprint density at radius 1 is 0.933 bits per heavy atom. The monoisotopic (exact) mass is 422 g/mol. The summed E-state index contributed by atoms with van der Waals surface area (Å²) >= 11 is 1.40. The Morgan fingerprint density at radius 2 is 1.63 bits per heavy atom. The molecule has 3 aromatic rings. The summed E-state index contributed by atoms with van der Waals surface area (Å²) in [5.41, 5.74) is 8.14. The van der Waals surface area contributed by atoms with Crippen LogP contribution in [0.2, 0.25) is 0 Å². The molecular formula is C22H22N4O3S. The van der Waals surface area contributed by atoms with Crippen molar-refractivity contribution in [3.63, 3.8) is 0 Å². The maximum atomic E-state index is 12.6. The molecule has 0 unspecified atom stereocenters. The van der Waals surface area contributed by atoms with E-state index >= 15 is 0 Å². The van der Waals surface area contributed by atoms with Crippen molar-refractivity contribution in [3.05, 3.63) is 86.9 Å². The zero-order valence-electron chi connectivity index (χ0n) is 16.5. The van der Waals surface area contributed by atoms with Crippen molar-refractivity contribution in [3.8, 4) is 0 Å². The molecule has 30 heavy (non-hydrogen) atoms. The number of benzene rings is 2. The number of carbonyl (C=O) groups is 3. The third-order valence-electron chi connectivity index (χ3n) is 4.34. The van der Waals surface area contributed by atoms with E-state index in [2.05, 4.69) is 15.6 Å². The number of amides is 3. The Labute approximate surface area is 178 Å². The largest absolute Gasteiger partial charge is 0.368 e. The van der Waals surface area contributed by atoms with E-state index in [-0.39, 0.29) is 18.4 Å². The van der Waals surface area contributed by atoms with Crippen LogP contribution in [0.4, 0.5) is 0 Å². The maximum absolute atomic E-state index is 12.6. The average molecular weight is 423 g/mol. The van der Waals surface area contributed by atoms with Gasteiger partial charge in [0.15, 0.2) is 0 Å². The van der Waals surface area contributed by atoms with Gasteiger partial charge in [0.1, 0.15) is 4.88 Å². The van der Waals surface area contributed by atoms with Crippen LogP contribution in [0.1, 0.15) is 41.9 Å². The molecule has 0 spiro atoms. The number of primary amides is 1. The van der Waals surface area contributed by atoms with Crippen molar-refractivity contribution in [1.29, 1.82) is 0 Å². The van der Waals surface area contributed by atoms with Crippen LogP contribution in [0.25, 0.3) is 0 Å². The second kappa shape index (κ2) is 9.80. The van der Waals surface area contributed by atoms with E-state index < -0.39 is 5.91 Å². The molecule has 3 rings (SSSR count). The van der Waals surface area contributed by atoms with Crippen molar-refractivity contribution in [1.82, 2.24) is 15.6 Å². The van der Waals surface area contributed by atoms with Crippen molar-refractivity contribution in [2.75, 3.05) is 6.54 Å². The molecule has 0 bridgehead atoms. The van der Waals surface area contributed by atoms with Gasteiger partial charge in [-0.15, -0.1) is 11.3 Å². The first-order valence-electron chi connectivity index (χ1n) is 9.36. The van der Waals surface area contributed by atoms with Crippen LogP contribution in [-0.4, -0.2) is 29.3 Å². The minimum absolute atomic E-state index is 0.174. The summed E-state index contributed by atoms with van der Waals surface area (Å²) in [6, 6.07) is 16.8. The van der Waals surface area contributed by atoms with Crippen LogP contribution in [0.5, 0.6) is 0 Å². The molecule has 0 saturated heterocycles. The summed E-state index contributed by atoms with van der Waals surface area (Å²) in [5, 5.41) is 6.22. The molecule has 7 nitrogen and oxygen atoms in total. The molecule has 0 fully saturated rings. The molecule has 0 aliphatic rings. The number of nitrogens with one attached hydrogen (secondary N) is 2. The highest BCUT2D eigenvalue weighted by molar-refractivity contribution is 7.13. The quantitative estimate of drug-likeness (QED) is 0.516. The lowest BCUT2D eigenvalue weighted by Gasteiger charge is -2.06. The zero-order valence-corrected chi connectivity index (χ0v) is 17.3. The smallest absolute Gasteiger partial charge is 0.263 e. The number of carbonyl (C=O) groups excluding carboxylic acids is 3. The van der Waals surface area contributed by atoms with E-state index in [0.29, 0.717) is 29.1 Å². The molecule has 154 valence electrons. The number of hydrogen-bond acceptors (Lipinski definition) is 5. The standard InChI is InChI=1S/C22H22N4O3S/c1-14-20(30-19(26-14)11-15-5-3-2-4-6-15)22(29)24-12-16-7-9-17(10-8-16)21(28)25-13-18(23)27/h2-10H,11-13H2,1H3,(H2,23,27)(H,24,29)(H,25,28). The fourth-order valence-corrected chi connectivity index (χ4v) is 3.83. The molecule has 1 aromatic heterocycles. The number of aromatic nitrogens is 1. The predicted octanol–water partition coefficient (Wildman–Crippen LogP) is 2.19. The van der Waals surface area contributed by atoms with E-state index in [0.717, 1.165) is 16.1 Å². The Bertz CT molecular complexity index is 1050. The highest BCUT2D eigenvalue weighted by atomic mass is 32.1. The molecule has 8 heteroatoms. The highest BCUT2D eigenvalue weighted by Gasteiger charge is 2.15. The normalized spacial score (nSPS) is 10.4. The van der Waals surface area contributed by atoms with E-state index in [1.54, 1.807) is 24.3 Å². The van der Waals surface area contributed by atoms with Crippen LogP contribution in [0.3, 0.4) is 0 Å². The number of thiazole rings is 1. The first kappa shape index (κ1) is 21.2. The van der Waals surface area contributed by atoms with E-state index in [1.807, 2.05) is 37.3 Å². The van der Waals surface area contributed by atoms with Gasteiger partial charge in [0.25, 0.3) is 11.8 Å². The summed E-state index contributed by atoms with van der Waals surface area (Å²) in [6.45, 7) is 1.95. The summed E-state index contributed by atoms with van der Waals surface area (Å²) in [4.78, 5) is 40.3. The Morgan fingerprint density at radius 3 is 2.30 bits per heavy atom. The van der Waals surface area contributed by atoms with Crippen molar-refractivity contribution >= 4 is 29.1 Å². The van der Waals surface area contributed by atoms with Gasteiger partial charge < -0.3 is 16.4 Å².